The molecule has 0 atom stereocenters. The maximum absolute atomic E-state index is 12.2. The van der Waals surface area contributed by atoms with Gasteiger partial charge in [0.15, 0.2) is 0 Å². The molecule has 7 nitrogen and oxygen atoms in total. The number of aliphatic hydroxyl groups is 1. The fourth-order valence-corrected chi connectivity index (χ4v) is 3.42. The Bertz CT molecular complexity index is 621. The highest BCUT2D eigenvalue weighted by molar-refractivity contribution is 7.89. The van der Waals surface area contributed by atoms with E-state index in [4.69, 9.17) is 14.9 Å². The number of carboxylic acid groups (broad SMARTS) is 1. The number of ether oxygens (including phenoxy) is 1. The standard InChI is InChI=1S/C12H15NO6S/c1-2-19-11-4-3-9(5-10(11)12(15)16)20(17,18)13-6-8(14)7-13/h3-5,8,14H,2,6-7H2,1H3,(H,15,16). The van der Waals surface area contributed by atoms with E-state index in [1.54, 1.807) is 6.92 Å². The SMILES string of the molecule is CCOc1ccc(S(=O)(=O)N2CC(O)C2)cc1C(=O)O. The van der Waals surface area contributed by atoms with Gasteiger partial charge in [-0.15, -0.1) is 0 Å². The third-order valence-corrected chi connectivity index (χ3v) is 4.78. The Morgan fingerprint density at radius 3 is 2.60 bits per heavy atom. The van der Waals surface area contributed by atoms with Gasteiger partial charge in [0.05, 0.1) is 17.6 Å². The molecule has 20 heavy (non-hydrogen) atoms. The van der Waals surface area contributed by atoms with Gasteiger partial charge in [-0.1, -0.05) is 0 Å². The summed E-state index contributed by atoms with van der Waals surface area (Å²) >= 11 is 0. The van der Waals surface area contributed by atoms with Crippen LogP contribution in [-0.4, -0.2) is 54.7 Å². The molecule has 0 bridgehead atoms. The summed E-state index contributed by atoms with van der Waals surface area (Å²) in [6.07, 6.45) is -0.661. The molecule has 1 aromatic rings. The fourth-order valence-electron chi connectivity index (χ4n) is 1.88. The average molecular weight is 301 g/mol. The second kappa shape index (κ2) is 5.39. The minimum atomic E-state index is -3.77. The molecular weight excluding hydrogens is 286 g/mol. The van der Waals surface area contributed by atoms with E-state index in [2.05, 4.69) is 0 Å². The van der Waals surface area contributed by atoms with Gasteiger partial charge in [0.25, 0.3) is 0 Å². The molecule has 1 fully saturated rings. The largest absolute Gasteiger partial charge is 0.493 e. The topological polar surface area (TPSA) is 104 Å². The summed E-state index contributed by atoms with van der Waals surface area (Å²) in [7, 11) is -3.77. The van der Waals surface area contributed by atoms with E-state index in [1.165, 1.54) is 12.1 Å². The van der Waals surface area contributed by atoms with Gasteiger partial charge in [-0.05, 0) is 25.1 Å². The number of carbonyl (C=O) groups is 1. The highest BCUT2D eigenvalue weighted by Crippen LogP contribution is 2.27. The summed E-state index contributed by atoms with van der Waals surface area (Å²) < 4.78 is 30.6. The summed E-state index contributed by atoms with van der Waals surface area (Å²) in [6.45, 7) is 2.04. The van der Waals surface area contributed by atoms with Crippen molar-refractivity contribution in [2.24, 2.45) is 0 Å². The normalized spacial score (nSPS) is 16.7. The predicted octanol–water partition coefficient (Wildman–Crippen LogP) is 0.149. The third kappa shape index (κ3) is 2.62. The summed E-state index contributed by atoms with van der Waals surface area (Å²) in [5.74, 6) is -1.13. The van der Waals surface area contributed by atoms with Gasteiger partial charge in [-0.3, -0.25) is 0 Å². The van der Waals surface area contributed by atoms with Crippen LogP contribution in [0.1, 0.15) is 17.3 Å². The fraction of sp³-hybridized carbons (Fsp3) is 0.417. The van der Waals surface area contributed by atoms with Gasteiger partial charge in [0, 0.05) is 13.1 Å². The van der Waals surface area contributed by atoms with Gasteiger partial charge < -0.3 is 14.9 Å². The Morgan fingerprint density at radius 1 is 1.45 bits per heavy atom. The van der Waals surface area contributed by atoms with Crippen molar-refractivity contribution in [3.8, 4) is 5.75 Å². The molecule has 2 rings (SSSR count). The van der Waals surface area contributed by atoms with Crippen molar-refractivity contribution in [1.29, 1.82) is 0 Å². The van der Waals surface area contributed by atoms with E-state index >= 15 is 0 Å². The lowest BCUT2D eigenvalue weighted by Crippen LogP contribution is -2.53. The van der Waals surface area contributed by atoms with Crippen molar-refractivity contribution in [3.05, 3.63) is 23.8 Å². The summed E-state index contributed by atoms with van der Waals surface area (Å²) in [5, 5.41) is 18.3. The smallest absolute Gasteiger partial charge is 0.339 e. The molecule has 1 aliphatic heterocycles. The molecule has 0 aliphatic carbocycles. The zero-order chi connectivity index (χ0) is 14.9. The molecule has 8 heteroatoms. The zero-order valence-corrected chi connectivity index (χ0v) is 11.6. The second-order valence-electron chi connectivity index (χ2n) is 4.37. The molecule has 1 aliphatic rings. The van der Waals surface area contributed by atoms with Crippen molar-refractivity contribution in [3.63, 3.8) is 0 Å². The Balaban J connectivity index is 2.38. The Morgan fingerprint density at radius 2 is 2.10 bits per heavy atom. The van der Waals surface area contributed by atoms with Crippen LogP contribution in [0, 0.1) is 0 Å². The maximum Gasteiger partial charge on any atom is 0.339 e. The minimum absolute atomic E-state index is 0.0257. The first-order chi connectivity index (χ1) is 9.36. The Labute approximate surface area is 116 Å². The van der Waals surface area contributed by atoms with Crippen LogP contribution in [0.4, 0.5) is 0 Å². The van der Waals surface area contributed by atoms with E-state index in [1.807, 2.05) is 0 Å². The lowest BCUT2D eigenvalue weighted by molar-refractivity contribution is 0.0547. The Hall–Kier alpha value is -1.64. The van der Waals surface area contributed by atoms with Crippen molar-refractivity contribution >= 4 is 16.0 Å². The average Bonchev–Trinajstić information content (AvgIpc) is 2.35. The second-order valence-corrected chi connectivity index (χ2v) is 6.31. The van der Waals surface area contributed by atoms with Crippen molar-refractivity contribution in [2.45, 2.75) is 17.9 Å². The quantitative estimate of drug-likeness (QED) is 0.802. The number of nitrogens with zero attached hydrogens (tertiary/aromatic N) is 1. The molecule has 110 valence electrons. The van der Waals surface area contributed by atoms with E-state index in [0.717, 1.165) is 10.4 Å². The van der Waals surface area contributed by atoms with Crippen LogP contribution in [0.2, 0.25) is 0 Å². The number of rotatable bonds is 5. The van der Waals surface area contributed by atoms with Crippen molar-refractivity contribution < 1.29 is 28.2 Å². The van der Waals surface area contributed by atoms with Crippen molar-refractivity contribution in [2.75, 3.05) is 19.7 Å². The highest BCUT2D eigenvalue weighted by Gasteiger charge is 2.36. The zero-order valence-electron chi connectivity index (χ0n) is 10.8. The van der Waals surface area contributed by atoms with E-state index in [9.17, 15) is 13.2 Å². The summed E-state index contributed by atoms with van der Waals surface area (Å²) in [4.78, 5) is 11.0. The first kappa shape index (κ1) is 14.8. The summed E-state index contributed by atoms with van der Waals surface area (Å²) in [6, 6.07) is 3.71. The van der Waals surface area contributed by atoms with E-state index in [0.29, 0.717) is 0 Å². The number of aliphatic hydroxyl groups excluding tert-OH is 1. The number of carboxylic acids is 1. The van der Waals surface area contributed by atoms with Crippen LogP contribution >= 0.6 is 0 Å². The van der Waals surface area contributed by atoms with Crippen LogP contribution < -0.4 is 4.74 Å². The van der Waals surface area contributed by atoms with Crippen molar-refractivity contribution in [1.82, 2.24) is 4.31 Å². The molecule has 0 spiro atoms. The van der Waals surface area contributed by atoms with E-state index < -0.39 is 22.1 Å². The van der Waals surface area contributed by atoms with Gasteiger partial charge in [-0.25, -0.2) is 13.2 Å². The molecule has 1 saturated heterocycles. The third-order valence-electron chi connectivity index (χ3n) is 2.95. The number of sulfonamides is 1. The van der Waals surface area contributed by atoms with Crippen LogP contribution in [0.25, 0.3) is 0 Å². The molecule has 0 amide bonds. The first-order valence-electron chi connectivity index (χ1n) is 6.04. The number of hydrogen-bond acceptors (Lipinski definition) is 5. The summed E-state index contributed by atoms with van der Waals surface area (Å²) in [5.41, 5.74) is -0.200. The predicted molar refractivity (Wildman–Crippen MR) is 69.3 cm³/mol. The molecular formula is C12H15NO6S. The van der Waals surface area contributed by atoms with Crippen LogP contribution in [0.15, 0.2) is 23.1 Å². The molecule has 0 aromatic heterocycles. The number of benzene rings is 1. The molecule has 1 aromatic carbocycles. The van der Waals surface area contributed by atoms with Gasteiger partial charge in [-0.2, -0.15) is 4.31 Å². The maximum atomic E-state index is 12.2. The number of β-amino-alcohol motifs (C(OH)–C–C–N with tert-alkyl or cyclic N) is 1. The molecule has 0 radical (unpaired) electrons. The number of hydrogen-bond donors (Lipinski definition) is 2. The van der Waals surface area contributed by atoms with Crippen LogP contribution in [0.3, 0.4) is 0 Å². The Kier molecular flexibility index (Phi) is 3.98. The molecule has 1 heterocycles. The lowest BCUT2D eigenvalue weighted by atomic mass is 10.2. The molecule has 2 N–H and O–H groups in total. The molecule has 0 unspecified atom stereocenters. The van der Waals surface area contributed by atoms with Gasteiger partial charge in [0.1, 0.15) is 11.3 Å². The monoisotopic (exact) mass is 301 g/mol. The van der Waals surface area contributed by atoms with Crippen LogP contribution in [0.5, 0.6) is 5.75 Å². The highest BCUT2D eigenvalue weighted by atomic mass is 32.2. The minimum Gasteiger partial charge on any atom is -0.493 e. The lowest BCUT2D eigenvalue weighted by Gasteiger charge is -2.34. The molecule has 0 saturated carbocycles. The number of aromatic carboxylic acids is 1. The first-order valence-corrected chi connectivity index (χ1v) is 7.48. The van der Waals surface area contributed by atoms with Gasteiger partial charge in [0.2, 0.25) is 10.0 Å². The van der Waals surface area contributed by atoms with Crippen LogP contribution in [-0.2, 0) is 10.0 Å². The van der Waals surface area contributed by atoms with E-state index in [-0.39, 0.29) is 35.9 Å². The van der Waals surface area contributed by atoms with Gasteiger partial charge >= 0.3 is 5.97 Å².